The van der Waals surface area contributed by atoms with Gasteiger partial charge in [0.25, 0.3) is 0 Å². The maximum Gasteiger partial charge on any atom is 0.164 e. The lowest BCUT2D eigenvalue weighted by Gasteiger charge is -2.10. The van der Waals surface area contributed by atoms with Gasteiger partial charge in [-0.1, -0.05) is 12.0 Å². The van der Waals surface area contributed by atoms with Gasteiger partial charge in [-0.3, -0.25) is 4.79 Å². The molecule has 0 saturated heterocycles. The third-order valence-electron chi connectivity index (χ3n) is 1.88. The van der Waals surface area contributed by atoms with Crippen LogP contribution in [0.5, 0.6) is 0 Å². The Hall–Kier alpha value is -2.26. The van der Waals surface area contributed by atoms with E-state index in [-0.39, 0.29) is 5.78 Å². The first kappa shape index (κ1) is 10.8. The van der Waals surface area contributed by atoms with Crippen molar-refractivity contribution in [2.45, 2.75) is 13.0 Å². The quantitative estimate of drug-likeness (QED) is 0.750. The molecule has 0 aliphatic rings. The third-order valence-corrected chi connectivity index (χ3v) is 1.88. The van der Waals surface area contributed by atoms with Crippen LogP contribution in [0.4, 0.5) is 5.69 Å². The molecule has 0 aromatic heterocycles. The number of terminal acetylenes is 1. The second-order valence-electron chi connectivity index (χ2n) is 3.05. The maximum atomic E-state index is 11.1. The number of nitriles is 1. The lowest BCUT2D eigenvalue weighted by molar-refractivity contribution is -0.116. The molecular formula is C12H10N2O. The van der Waals surface area contributed by atoms with Crippen LogP contribution >= 0.6 is 0 Å². The van der Waals surface area contributed by atoms with Gasteiger partial charge in [0.05, 0.1) is 11.6 Å². The van der Waals surface area contributed by atoms with Crippen LogP contribution in [0.15, 0.2) is 24.3 Å². The Bertz CT molecular complexity index is 451. The largest absolute Gasteiger partial charge is 0.366 e. The van der Waals surface area contributed by atoms with E-state index in [2.05, 4.69) is 11.2 Å². The molecule has 15 heavy (non-hydrogen) atoms. The van der Waals surface area contributed by atoms with Crippen molar-refractivity contribution in [3.05, 3.63) is 29.8 Å². The molecular weight excluding hydrogens is 188 g/mol. The van der Waals surface area contributed by atoms with Gasteiger partial charge in [-0.2, -0.15) is 5.26 Å². The van der Waals surface area contributed by atoms with Gasteiger partial charge < -0.3 is 5.32 Å². The van der Waals surface area contributed by atoms with E-state index in [1.807, 2.05) is 6.07 Å². The number of benzene rings is 1. The summed E-state index contributed by atoms with van der Waals surface area (Å²) in [6, 6.07) is 8.19. The van der Waals surface area contributed by atoms with Crippen molar-refractivity contribution in [3.63, 3.8) is 0 Å². The molecule has 0 bridgehead atoms. The number of nitrogens with one attached hydrogen (secondary N) is 1. The summed E-state index contributed by atoms with van der Waals surface area (Å²) in [6.07, 6.45) is 5.19. The molecule has 0 fully saturated rings. The Kier molecular flexibility index (Phi) is 3.49. The predicted octanol–water partition coefficient (Wildman–Crippen LogP) is 1.56. The topological polar surface area (TPSA) is 52.9 Å². The number of hydrogen-bond donors (Lipinski definition) is 1. The summed E-state index contributed by atoms with van der Waals surface area (Å²) in [7, 11) is 0. The summed E-state index contributed by atoms with van der Waals surface area (Å²) in [6.45, 7) is 1.42. The highest BCUT2D eigenvalue weighted by Crippen LogP contribution is 2.11. The first-order valence-corrected chi connectivity index (χ1v) is 4.40. The fourth-order valence-corrected chi connectivity index (χ4v) is 1.11. The van der Waals surface area contributed by atoms with Gasteiger partial charge in [-0.05, 0) is 25.1 Å². The first-order valence-electron chi connectivity index (χ1n) is 4.40. The van der Waals surface area contributed by atoms with E-state index in [1.165, 1.54) is 6.92 Å². The standard InChI is InChI=1S/C12H10N2O/c1-3-12(9(2)15)14-11-6-4-5-10(7-11)8-13/h1,4-7,12,14H,2H3. The number of anilines is 1. The smallest absolute Gasteiger partial charge is 0.164 e. The van der Waals surface area contributed by atoms with E-state index in [0.717, 1.165) is 0 Å². The van der Waals surface area contributed by atoms with Gasteiger partial charge in [0.1, 0.15) is 6.04 Å². The number of ketones is 1. The molecule has 1 unspecified atom stereocenters. The highest BCUT2D eigenvalue weighted by atomic mass is 16.1. The fourth-order valence-electron chi connectivity index (χ4n) is 1.11. The second kappa shape index (κ2) is 4.83. The number of rotatable bonds is 3. The van der Waals surface area contributed by atoms with Crippen LogP contribution in [0.2, 0.25) is 0 Å². The predicted molar refractivity (Wildman–Crippen MR) is 58.1 cm³/mol. The zero-order valence-corrected chi connectivity index (χ0v) is 8.32. The van der Waals surface area contributed by atoms with Gasteiger partial charge >= 0.3 is 0 Å². The molecule has 1 N–H and O–H groups in total. The molecule has 0 saturated carbocycles. The minimum atomic E-state index is -0.640. The Labute approximate surface area is 88.7 Å². The molecule has 1 atom stereocenters. The SMILES string of the molecule is C#CC(Nc1cccc(C#N)c1)C(C)=O. The number of carbonyl (C=O) groups is 1. The molecule has 0 radical (unpaired) electrons. The van der Waals surface area contributed by atoms with Crippen molar-refractivity contribution < 1.29 is 4.79 Å². The van der Waals surface area contributed by atoms with Gasteiger partial charge in [0.15, 0.2) is 5.78 Å². The summed E-state index contributed by atoms with van der Waals surface area (Å²) >= 11 is 0. The highest BCUT2D eigenvalue weighted by molar-refractivity contribution is 5.87. The molecule has 0 spiro atoms. The zero-order chi connectivity index (χ0) is 11.3. The fraction of sp³-hybridized carbons (Fsp3) is 0.167. The van der Waals surface area contributed by atoms with Gasteiger partial charge in [-0.25, -0.2) is 0 Å². The van der Waals surface area contributed by atoms with Crippen molar-refractivity contribution in [2.75, 3.05) is 5.32 Å². The third kappa shape index (κ3) is 2.86. The van der Waals surface area contributed by atoms with E-state index >= 15 is 0 Å². The van der Waals surface area contributed by atoms with Crippen LogP contribution in [0.25, 0.3) is 0 Å². The van der Waals surface area contributed by atoms with Gasteiger partial charge in [-0.15, -0.1) is 6.42 Å². The minimum Gasteiger partial charge on any atom is -0.366 e. The van der Waals surface area contributed by atoms with Crippen LogP contribution in [0.3, 0.4) is 0 Å². The van der Waals surface area contributed by atoms with Crippen LogP contribution in [-0.2, 0) is 4.79 Å². The average Bonchev–Trinajstić information content (AvgIpc) is 2.25. The summed E-state index contributed by atoms with van der Waals surface area (Å²) < 4.78 is 0. The van der Waals surface area contributed by atoms with E-state index in [0.29, 0.717) is 11.3 Å². The van der Waals surface area contributed by atoms with Crippen LogP contribution in [0.1, 0.15) is 12.5 Å². The van der Waals surface area contributed by atoms with Crippen molar-refractivity contribution in [1.82, 2.24) is 0 Å². The van der Waals surface area contributed by atoms with E-state index < -0.39 is 6.04 Å². The van der Waals surface area contributed by atoms with Crippen molar-refractivity contribution in [2.24, 2.45) is 0 Å². The Morgan fingerprint density at radius 2 is 2.33 bits per heavy atom. The molecule has 0 aliphatic carbocycles. The maximum absolute atomic E-state index is 11.1. The lowest BCUT2D eigenvalue weighted by atomic mass is 10.1. The lowest BCUT2D eigenvalue weighted by Crippen LogP contribution is -2.25. The monoisotopic (exact) mass is 198 g/mol. The molecule has 1 aromatic rings. The zero-order valence-electron chi connectivity index (χ0n) is 8.32. The van der Waals surface area contributed by atoms with Crippen molar-refractivity contribution in [1.29, 1.82) is 5.26 Å². The molecule has 3 nitrogen and oxygen atoms in total. The van der Waals surface area contributed by atoms with Gasteiger partial charge in [0.2, 0.25) is 0 Å². The Morgan fingerprint density at radius 1 is 1.60 bits per heavy atom. The van der Waals surface area contributed by atoms with Crippen LogP contribution < -0.4 is 5.32 Å². The second-order valence-corrected chi connectivity index (χ2v) is 3.05. The molecule has 1 aromatic carbocycles. The summed E-state index contributed by atoms with van der Waals surface area (Å²) in [4.78, 5) is 11.1. The van der Waals surface area contributed by atoms with E-state index in [9.17, 15) is 4.79 Å². The molecule has 3 heteroatoms. The Balaban J connectivity index is 2.86. The number of nitrogens with zero attached hydrogens (tertiary/aromatic N) is 1. The number of carbonyl (C=O) groups excluding carboxylic acids is 1. The number of Topliss-reactive ketones (excluding diaryl/α,β-unsaturated/α-hetero) is 1. The Morgan fingerprint density at radius 3 is 2.87 bits per heavy atom. The normalized spacial score (nSPS) is 10.9. The molecule has 0 aliphatic heterocycles. The summed E-state index contributed by atoms with van der Waals surface area (Å²) in [5.74, 6) is 2.22. The van der Waals surface area contributed by atoms with E-state index in [4.69, 9.17) is 11.7 Å². The highest BCUT2D eigenvalue weighted by Gasteiger charge is 2.09. The van der Waals surface area contributed by atoms with Crippen LogP contribution in [0, 0.1) is 23.7 Å². The van der Waals surface area contributed by atoms with E-state index in [1.54, 1.807) is 24.3 Å². The van der Waals surface area contributed by atoms with Crippen LogP contribution in [-0.4, -0.2) is 11.8 Å². The average molecular weight is 198 g/mol. The van der Waals surface area contributed by atoms with Crippen molar-refractivity contribution >= 4 is 11.5 Å². The number of hydrogen-bond acceptors (Lipinski definition) is 3. The minimum absolute atomic E-state index is 0.125. The molecule has 0 amide bonds. The molecule has 74 valence electrons. The van der Waals surface area contributed by atoms with Gasteiger partial charge in [0, 0.05) is 5.69 Å². The summed E-state index contributed by atoms with van der Waals surface area (Å²) in [5, 5.41) is 11.5. The first-order chi connectivity index (χ1) is 7.17. The van der Waals surface area contributed by atoms with Crippen molar-refractivity contribution in [3.8, 4) is 18.4 Å². The molecule has 1 rings (SSSR count). The molecule has 0 heterocycles. The summed E-state index contributed by atoms with van der Waals surface area (Å²) in [5.41, 5.74) is 1.20.